The predicted molar refractivity (Wildman–Crippen MR) is 119 cm³/mol. The summed E-state index contributed by atoms with van der Waals surface area (Å²) in [6.45, 7) is 6.93. The number of ether oxygens (including phenoxy) is 2. The molecule has 0 radical (unpaired) electrons. The van der Waals surface area contributed by atoms with Gasteiger partial charge in [-0.2, -0.15) is 0 Å². The third kappa shape index (κ3) is 5.28. The van der Waals surface area contributed by atoms with Gasteiger partial charge in [0.25, 0.3) is 0 Å². The summed E-state index contributed by atoms with van der Waals surface area (Å²) in [5, 5.41) is 0. The van der Waals surface area contributed by atoms with Gasteiger partial charge >= 0.3 is 12.1 Å². The zero-order chi connectivity index (χ0) is 23.3. The Balaban J connectivity index is 1.85. The van der Waals surface area contributed by atoms with Crippen LogP contribution < -0.4 is 0 Å². The zero-order valence-electron chi connectivity index (χ0n) is 18.9. The van der Waals surface area contributed by atoms with Crippen molar-refractivity contribution in [1.82, 2.24) is 9.80 Å². The molecule has 0 N–H and O–H groups in total. The van der Waals surface area contributed by atoms with Crippen LogP contribution in [-0.4, -0.2) is 46.6 Å². The minimum Gasteiger partial charge on any atom is -0.462 e. The monoisotopic (exact) mass is 438 g/mol. The summed E-state index contributed by atoms with van der Waals surface area (Å²) in [5.74, 6) is -1.33. The number of carbonyl (C=O) groups excluding carboxylic acids is 3. The van der Waals surface area contributed by atoms with Crippen LogP contribution in [0.2, 0.25) is 0 Å². The molecular formula is C25H30N2O5. The lowest BCUT2D eigenvalue weighted by Crippen LogP contribution is -2.62. The number of hydrogen-bond donors (Lipinski definition) is 0. The summed E-state index contributed by atoms with van der Waals surface area (Å²) in [4.78, 5) is 41.3. The fraction of sp³-hybridized carbons (Fsp3) is 0.400. The first-order valence-electron chi connectivity index (χ1n) is 10.8. The molecule has 0 unspecified atom stereocenters. The Morgan fingerprint density at radius 2 is 1.62 bits per heavy atom. The number of nitrogens with zero attached hydrogens (tertiary/aromatic N) is 2. The molecule has 170 valence electrons. The summed E-state index contributed by atoms with van der Waals surface area (Å²) in [7, 11) is 0. The van der Waals surface area contributed by atoms with Gasteiger partial charge < -0.3 is 14.4 Å². The van der Waals surface area contributed by atoms with Crippen LogP contribution in [0.15, 0.2) is 60.7 Å². The van der Waals surface area contributed by atoms with Crippen molar-refractivity contribution in [3.8, 4) is 0 Å². The second kappa shape index (κ2) is 10.3. The van der Waals surface area contributed by atoms with Gasteiger partial charge in [0.2, 0.25) is 5.91 Å². The van der Waals surface area contributed by atoms with Gasteiger partial charge in [0, 0.05) is 13.0 Å². The summed E-state index contributed by atoms with van der Waals surface area (Å²) in [6, 6.07) is 18.3. The minimum absolute atomic E-state index is 0.0903. The SMILES string of the molecule is CC(=O)O[C@@H](C)[C@@H]1C(=O)N([C@@H](C)c2ccccc2)CN(C(=O)OCc2ccccc2)[C@H]1C. The highest BCUT2D eigenvalue weighted by atomic mass is 16.6. The Morgan fingerprint density at radius 1 is 1.03 bits per heavy atom. The fourth-order valence-electron chi connectivity index (χ4n) is 4.13. The Hall–Kier alpha value is -3.35. The first-order valence-corrected chi connectivity index (χ1v) is 10.8. The molecule has 2 amide bonds. The average molecular weight is 439 g/mol. The van der Waals surface area contributed by atoms with Crippen LogP contribution in [0.1, 0.15) is 44.9 Å². The van der Waals surface area contributed by atoms with Gasteiger partial charge in [-0.25, -0.2) is 4.79 Å². The normalized spacial score (nSPS) is 20.4. The Bertz CT molecular complexity index is 934. The molecule has 0 spiro atoms. The molecule has 2 aromatic rings. The van der Waals surface area contributed by atoms with Gasteiger partial charge in [-0.05, 0) is 31.9 Å². The molecule has 32 heavy (non-hydrogen) atoms. The summed E-state index contributed by atoms with van der Waals surface area (Å²) < 4.78 is 10.9. The zero-order valence-corrected chi connectivity index (χ0v) is 18.9. The lowest BCUT2D eigenvalue weighted by Gasteiger charge is -2.47. The highest BCUT2D eigenvalue weighted by molar-refractivity contribution is 5.84. The number of hydrogen-bond acceptors (Lipinski definition) is 5. The molecule has 2 aromatic carbocycles. The Labute approximate surface area is 188 Å². The van der Waals surface area contributed by atoms with Crippen molar-refractivity contribution in [2.24, 2.45) is 5.92 Å². The average Bonchev–Trinajstić information content (AvgIpc) is 2.78. The van der Waals surface area contributed by atoms with E-state index in [4.69, 9.17) is 9.47 Å². The number of carbonyl (C=O) groups is 3. The van der Waals surface area contributed by atoms with Crippen LogP contribution in [0.5, 0.6) is 0 Å². The van der Waals surface area contributed by atoms with E-state index < -0.39 is 30.1 Å². The topological polar surface area (TPSA) is 76.2 Å². The molecule has 1 heterocycles. The fourth-order valence-corrected chi connectivity index (χ4v) is 4.13. The molecule has 4 atom stereocenters. The lowest BCUT2D eigenvalue weighted by molar-refractivity contribution is -0.164. The summed E-state index contributed by atoms with van der Waals surface area (Å²) in [6.07, 6.45) is -1.20. The molecule has 0 bridgehead atoms. The van der Waals surface area contributed by atoms with Crippen molar-refractivity contribution in [1.29, 1.82) is 0 Å². The van der Waals surface area contributed by atoms with Crippen LogP contribution >= 0.6 is 0 Å². The molecule has 0 aliphatic carbocycles. The molecule has 0 aromatic heterocycles. The maximum absolute atomic E-state index is 13.5. The van der Waals surface area contributed by atoms with E-state index in [1.165, 1.54) is 11.8 Å². The van der Waals surface area contributed by atoms with Gasteiger partial charge in [0.15, 0.2) is 0 Å². The molecule has 1 fully saturated rings. The molecule has 0 saturated carbocycles. The van der Waals surface area contributed by atoms with Crippen molar-refractivity contribution >= 4 is 18.0 Å². The van der Waals surface area contributed by atoms with E-state index in [0.29, 0.717) is 0 Å². The second-order valence-electron chi connectivity index (χ2n) is 8.13. The first kappa shape index (κ1) is 23.3. The summed E-state index contributed by atoms with van der Waals surface area (Å²) >= 11 is 0. The third-order valence-electron chi connectivity index (χ3n) is 5.93. The van der Waals surface area contributed by atoms with E-state index in [2.05, 4.69) is 0 Å². The Morgan fingerprint density at radius 3 is 2.22 bits per heavy atom. The van der Waals surface area contributed by atoms with E-state index in [0.717, 1.165) is 11.1 Å². The van der Waals surface area contributed by atoms with Crippen molar-refractivity contribution in [3.05, 3.63) is 71.8 Å². The molecular weight excluding hydrogens is 408 g/mol. The van der Waals surface area contributed by atoms with E-state index >= 15 is 0 Å². The minimum atomic E-state index is -0.705. The van der Waals surface area contributed by atoms with Crippen LogP contribution in [0.25, 0.3) is 0 Å². The maximum Gasteiger partial charge on any atom is 0.411 e. The highest BCUT2D eigenvalue weighted by Crippen LogP contribution is 2.32. The van der Waals surface area contributed by atoms with Gasteiger partial charge in [-0.1, -0.05) is 60.7 Å². The molecule has 7 nitrogen and oxygen atoms in total. The smallest absolute Gasteiger partial charge is 0.411 e. The van der Waals surface area contributed by atoms with Crippen molar-refractivity contribution in [2.75, 3.05) is 6.67 Å². The van der Waals surface area contributed by atoms with E-state index in [9.17, 15) is 14.4 Å². The number of rotatable bonds is 6. The van der Waals surface area contributed by atoms with Gasteiger partial charge in [-0.15, -0.1) is 0 Å². The van der Waals surface area contributed by atoms with E-state index in [1.54, 1.807) is 18.7 Å². The standard InChI is InChI=1S/C25H30N2O5/c1-17(22-13-9-6-10-14-22)26-16-27(25(30)31-15-21-11-7-5-8-12-21)18(2)23(24(26)29)19(3)32-20(4)28/h5-14,17-19,23H,15-16H2,1-4H3/t17-,18-,19-,23+/m0/s1. The highest BCUT2D eigenvalue weighted by Gasteiger charge is 2.46. The largest absolute Gasteiger partial charge is 0.462 e. The van der Waals surface area contributed by atoms with E-state index in [-0.39, 0.29) is 25.2 Å². The lowest BCUT2D eigenvalue weighted by atomic mass is 9.89. The Kier molecular flexibility index (Phi) is 7.51. The van der Waals surface area contributed by atoms with Gasteiger partial charge in [-0.3, -0.25) is 14.5 Å². The van der Waals surface area contributed by atoms with Crippen molar-refractivity contribution in [2.45, 2.75) is 52.5 Å². The van der Waals surface area contributed by atoms with Gasteiger partial charge in [0.05, 0.1) is 18.6 Å². The number of esters is 1. The first-order chi connectivity index (χ1) is 15.3. The number of amides is 2. The second-order valence-corrected chi connectivity index (χ2v) is 8.13. The molecule has 1 saturated heterocycles. The van der Waals surface area contributed by atoms with Crippen LogP contribution in [0.4, 0.5) is 4.79 Å². The van der Waals surface area contributed by atoms with E-state index in [1.807, 2.05) is 67.6 Å². The molecule has 1 aliphatic heterocycles. The molecule has 3 rings (SSSR count). The quantitative estimate of drug-likeness (QED) is 0.634. The maximum atomic E-state index is 13.5. The van der Waals surface area contributed by atoms with Crippen molar-refractivity contribution < 1.29 is 23.9 Å². The number of benzene rings is 2. The van der Waals surface area contributed by atoms with Gasteiger partial charge in [0.1, 0.15) is 12.7 Å². The van der Waals surface area contributed by atoms with Crippen LogP contribution in [0, 0.1) is 5.92 Å². The molecule has 1 aliphatic rings. The van der Waals surface area contributed by atoms with Crippen LogP contribution in [0.3, 0.4) is 0 Å². The molecule has 7 heteroatoms. The summed E-state index contributed by atoms with van der Waals surface area (Å²) in [5.41, 5.74) is 1.83. The predicted octanol–water partition coefficient (Wildman–Crippen LogP) is 4.14. The van der Waals surface area contributed by atoms with Crippen molar-refractivity contribution in [3.63, 3.8) is 0 Å². The van der Waals surface area contributed by atoms with Crippen LogP contribution in [-0.2, 0) is 25.7 Å². The third-order valence-corrected chi connectivity index (χ3v) is 5.93.